The monoisotopic (exact) mass is 272 g/mol. The van der Waals surface area contributed by atoms with E-state index in [4.69, 9.17) is 4.74 Å². The summed E-state index contributed by atoms with van der Waals surface area (Å²) in [5.41, 5.74) is -0.624. The number of ether oxygens (including phenoxy) is 1. The predicted molar refractivity (Wildman–Crippen MR) is 70.5 cm³/mol. The van der Waals surface area contributed by atoms with Crippen molar-refractivity contribution in [3.05, 3.63) is 0 Å². The van der Waals surface area contributed by atoms with Crippen LogP contribution in [-0.2, 0) is 14.3 Å². The topological polar surface area (TPSA) is 87.7 Å². The molecule has 0 aromatic rings. The summed E-state index contributed by atoms with van der Waals surface area (Å²) >= 11 is 0. The summed E-state index contributed by atoms with van der Waals surface area (Å²) in [4.78, 5) is 23.4. The molecular weight excluding hydrogens is 248 g/mol. The summed E-state index contributed by atoms with van der Waals surface area (Å²) in [6.45, 7) is 6.05. The highest BCUT2D eigenvalue weighted by Gasteiger charge is 2.36. The third kappa shape index (κ3) is 4.47. The maximum Gasteiger partial charge on any atom is 0.243 e. The fourth-order valence-corrected chi connectivity index (χ4v) is 2.18. The van der Waals surface area contributed by atoms with E-state index >= 15 is 0 Å². The molecule has 1 fully saturated rings. The molecule has 1 unspecified atom stereocenters. The van der Waals surface area contributed by atoms with Crippen molar-refractivity contribution >= 4 is 11.8 Å². The van der Waals surface area contributed by atoms with Crippen LogP contribution in [-0.4, -0.2) is 48.3 Å². The van der Waals surface area contributed by atoms with E-state index in [9.17, 15) is 14.7 Å². The van der Waals surface area contributed by atoms with Crippen LogP contribution in [0.25, 0.3) is 0 Å². The van der Waals surface area contributed by atoms with Crippen molar-refractivity contribution < 1.29 is 19.4 Å². The average molecular weight is 272 g/mol. The van der Waals surface area contributed by atoms with Gasteiger partial charge in [0.15, 0.2) is 0 Å². The molecule has 1 atom stereocenters. The number of aliphatic hydroxyl groups is 1. The van der Waals surface area contributed by atoms with Crippen LogP contribution >= 0.6 is 0 Å². The smallest absolute Gasteiger partial charge is 0.243 e. The van der Waals surface area contributed by atoms with Crippen LogP contribution in [0.5, 0.6) is 0 Å². The molecule has 0 aromatic heterocycles. The molecule has 1 heterocycles. The number of aliphatic hydroxyl groups excluding tert-OH is 1. The average Bonchev–Trinajstić information content (AvgIpc) is 2.36. The lowest BCUT2D eigenvalue weighted by Gasteiger charge is -2.37. The van der Waals surface area contributed by atoms with Gasteiger partial charge in [-0.2, -0.15) is 0 Å². The summed E-state index contributed by atoms with van der Waals surface area (Å²) in [7, 11) is 0. The zero-order valence-corrected chi connectivity index (χ0v) is 11.9. The van der Waals surface area contributed by atoms with Gasteiger partial charge in [0.25, 0.3) is 0 Å². The second-order valence-corrected chi connectivity index (χ2v) is 5.46. The molecule has 1 aliphatic rings. The Hall–Kier alpha value is -1.14. The Balaban J connectivity index is 2.71. The molecule has 6 heteroatoms. The van der Waals surface area contributed by atoms with Crippen molar-refractivity contribution in [2.45, 2.75) is 45.2 Å². The van der Waals surface area contributed by atoms with Gasteiger partial charge < -0.3 is 20.5 Å². The van der Waals surface area contributed by atoms with E-state index in [2.05, 4.69) is 10.6 Å². The van der Waals surface area contributed by atoms with Crippen LogP contribution in [0.1, 0.15) is 33.6 Å². The van der Waals surface area contributed by atoms with Crippen molar-refractivity contribution in [2.75, 3.05) is 19.8 Å². The van der Waals surface area contributed by atoms with Gasteiger partial charge in [-0.05, 0) is 18.8 Å². The number of nitrogens with one attached hydrogen (secondary N) is 2. The molecule has 0 aliphatic carbocycles. The minimum Gasteiger partial charge on any atom is -0.394 e. The van der Waals surface area contributed by atoms with Crippen molar-refractivity contribution in [2.24, 2.45) is 5.92 Å². The first-order valence-corrected chi connectivity index (χ1v) is 6.68. The zero-order chi connectivity index (χ0) is 14.5. The Labute approximate surface area is 113 Å². The predicted octanol–water partition coefficient (Wildman–Crippen LogP) is -0.195. The molecule has 1 rings (SSSR count). The first-order valence-electron chi connectivity index (χ1n) is 6.68. The fraction of sp³-hybridized carbons (Fsp3) is 0.846. The Morgan fingerprint density at radius 1 is 1.32 bits per heavy atom. The van der Waals surface area contributed by atoms with Crippen LogP contribution < -0.4 is 10.6 Å². The lowest BCUT2D eigenvalue weighted by atomic mass is 9.90. The highest BCUT2D eigenvalue weighted by Crippen LogP contribution is 2.20. The van der Waals surface area contributed by atoms with Gasteiger partial charge in [0.2, 0.25) is 11.8 Å². The summed E-state index contributed by atoms with van der Waals surface area (Å²) in [5.74, 6) is -0.500. The van der Waals surface area contributed by atoms with Crippen LogP contribution in [0.4, 0.5) is 0 Å². The van der Waals surface area contributed by atoms with E-state index in [0.29, 0.717) is 26.1 Å². The normalized spacial score (nSPS) is 19.8. The van der Waals surface area contributed by atoms with Gasteiger partial charge in [-0.15, -0.1) is 0 Å². The van der Waals surface area contributed by atoms with E-state index in [-0.39, 0.29) is 24.3 Å². The zero-order valence-electron chi connectivity index (χ0n) is 11.9. The lowest BCUT2D eigenvalue weighted by molar-refractivity contribution is -0.132. The molecule has 1 saturated heterocycles. The van der Waals surface area contributed by atoms with Gasteiger partial charge >= 0.3 is 0 Å². The Bertz CT molecular complexity index is 325. The van der Waals surface area contributed by atoms with Crippen LogP contribution in [0.3, 0.4) is 0 Å². The number of carbonyl (C=O) groups is 2. The van der Waals surface area contributed by atoms with Gasteiger partial charge in [-0.1, -0.05) is 13.8 Å². The number of amides is 2. The number of hydrogen-bond donors (Lipinski definition) is 3. The van der Waals surface area contributed by atoms with Gasteiger partial charge in [-0.3, -0.25) is 9.59 Å². The molecule has 1 aliphatic heterocycles. The third-order valence-corrected chi connectivity index (χ3v) is 3.45. The summed E-state index contributed by atoms with van der Waals surface area (Å²) in [5, 5.41) is 15.1. The molecule has 0 saturated carbocycles. The quantitative estimate of drug-likeness (QED) is 0.647. The third-order valence-electron chi connectivity index (χ3n) is 3.45. The van der Waals surface area contributed by atoms with Crippen LogP contribution in [0, 0.1) is 5.92 Å². The minimum absolute atomic E-state index is 0.0144. The Kier molecular flexibility index (Phi) is 5.75. The van der Waals surface area contributed by atoms with Gasteiger partial charge in [0, 0.05) is 20.1 Å². The fourth-order valence-electron chi connectivity index (χ4n) is 2.18. The first kappa shape index (κ1) is 15.9. The number of hydrogen-bond acceptors (Lipinski definition) is 4. The first-order chi connectivity index (χ1) is 8.90. The van der Waals surface area contributed by atoms with Crippen molar-refractivity contribution in [1.29, 1.82) is 0 Å². The molecular formula is C13H24N2O4. The molecule has 2 amide bonds. The van der Waals surface area contributed by atoms with Gasteiger partial charge in [0.1, 0.15) is 6.04 Å². The van der Waals surface area contributed by atoms with Crippen molar-refractivity contribution in [3.8, 4) is 0 Å². The Morgan fingerprint density at radius 2 is 1.89 bits per heavy atom. The molecule has 110 valence electrons. The van der Waals surface area contributed by atoms with E-state index in [1.165, 1.54) is 6.92 Å². The molecule has 3 N–H and O–H groups in total. The van der Waals surface area contributed by atoms with E-state index in [0.717, 1.165) is 0 Å². The van der Waals surface area contributed by atoms with Crippen LogP contribution in [0.2, 0.25) is 0 Å². The van der Waals surface area contributed by atoms with Crippen LogP contribution in [0.15, 0.2) is 0 Å². The van der Waals surface area contributed by atoms with Gasteiger partial charge in [0.05, 0.1) is 12.1 Å². The second-order valence-electron chi connectivity index (χ2n) is 5.46. The molecule has 0 spiro atoms. The number of rotatable bonds is 5. The highest BCUT2D eigenvalue weighted by atomic mass is 16.5. The van der Waals surface area contributed by atoms with E-state index in [1.54, 1.807) is 0 Å². The number of carbonyl (C=O) groups excluding carboxylic acids is 2. The largest absolute Gasteiger partial charge is 0.394 e. The summed E-state index contributed by atoms with van der Waals surface area (Å²) < 4.78 is 5.25. The summed E-state index contributed by atoms with van der Waals surface area (Å²) in [6, 6.07) is -0.580. The molecule has 0 aromatic carbocycles. The lowest BCUT2D eigenvalue weighted by Crippen LogP contribution is -2.60. The van der Waals surface area contributed by atoms with E-state index < -0.39 is 11.6 Å². The summed E-state index contributed by atoms with van der Waals surface area (Å²) in [6.07, 6.45) is 1.17. The molecule has 0 bridgehead atoms. The SMILES string of the molecule is CC(=O)NC(C(=O)NC1(CO)CCOCC1)C(C)C. The van der Waals surface area contributed by atoms with Gasteiger partial charge in [-0.25, -0.2) is 0 Å². The Morgan fingerprint density at radius 3 is 2.32 bits per heavy atom. The van der Waals surface area contributed by atoms with Crippen molar-refractivity contribution in [3.63, 3.8) is 0 Å². The standard InChI is InChI=1S/C13H24N2O4/c1-9(2)11(14-10(3)17)12(18)15-13(8-16)4-6-19-7-5-13/h9,11,16H,4-8H2,1-3H3,(H,14,17)(H,15,18). The molecule has 6 nitrogen and oxygen atoms in total. The maximum absolute atomic E-state index is 12.3. The minimum atomic E-state index is -0.624. The van der Waals surface area contributed by atoms with Crippen molar-refractivity contribution in [1.82, 2.24) is 10.6 Å². The second kappa shape index (κ2) is 6.86. The maximum atomic E-state index is 12.3. The van der Waals surface area contributed by atoms with E-state index in [1.807, 2.05) is 13.8 Å². The molecule has 19 heavy (non-hydrogen) atoms. The molecule has 0 radical (unpaired) electrons. The highest BCUT2D eigenvalue weighted by molar-refractivity contribution is 5.87.